The van der Waals surface area contributed by atoms with Crippen molar-refractivity contribution in [2.24, 2.45) is 10.7 Å². The molecule has 0 amide bonds. The van der Waals surface area contributed by atoms with Crippen molar-refractivity contribution in [1.29, 1.82) is 0 Å². The molecular formula is C7H8IN3S. The molecule has 64 valence electrons. The van der Waals surface area contributed by atoms with E-state index in [1.165, 1.54) is 11.8 Å². The van der Waals surface area contributed by atoms with Crippen LogP contribution in [0, 0.1) is 3.57 Å². The number of hydrogen-bond donors (Lipinski definition) is 1. The maximum Gasteiger partial charge on any atom is 0.160 e. The lowest BCUT2D eigenvalue weighted by Crippen LogP contribution is -2.04. The number of pyridine rings is 1. The van der Waals surface area contributed by atoms with Crippen molar-refractivity contribution in [3.8, 4) is 0 Å². The smallest absolute Gasteiger partial charge is 0.160 e. The minimum absolute atomic E-state index is 0.531. The summed E-state index contributed by atoms with van der Waals surface area (Å²) in [6, 6.07) is 3.78. The van der Waals surface area contributed by atoms with Crippen LogP contribution >= 0.6 is 34.4 Å². The average Bonchev–Trinajstić information content (AvgIpc) is 2.09. The first-order valence-electron chi connectivity index (χ1n) is 3.22. The maximum absolute atomic E-state index is 5.51. The van der Waals surface area contributed by atoms with E-state index >= 15 is 0 Å². The molecule has 1 rings (SSSR count). The van der Waals surface area contributed by atoms with Crippen LogP contribution in [-0.4, -0.2) is 16.4 Å². The number of aromatic nitrogens is 1. The monoisotopic (exact) mass is 293 g/mol. The largest absolute Gasteiger partial charge is 0.378 e. The van der Waals surface area contributed by atoms with E-state index < -0.39 is 0 Å². The van der Waals surface area contributed by atoms with E-state index in [1.807, 2.05) is 18.4 Å². The van der Waals surface area contributed by atoms with Crippen molar-refractivity contribution >= 4 is 45.3 Å². The van der Waals surface area contributed by atoms with Gasteiger partial charge in [-0.15, -0.1) is 0 Å². The van der Waals surface area contributed by atoms with Gasteiger partial charge in [-0.25, -0.2) is 9.98 Å². The highest BCUT2D eigenvalue weighted by atomic mass is 127. The molecule has 5 heteroatoms. The van der Waals surface area contributed by atoms with Gasteiger partial charge in [-0.2, -0.15) is 0 Å². The molecule has 0 unspecified atom stereocenters. The minimum Gasteiger partial charge on any atom is -0.378 e. The van der Waals surface area contributed by atoms with Crippen LogP contribution in [0.15, 0.2) is 23.3 Å². The molecule has 0 radical (unpaired) electrons. The lowest BCUT2D eigenvalue weighted by molar-refractivity contribution is 1.26. The quantitative estimate of drug-likeness (QED) is 0.489. The maximum atomic E-state index is 5.51. The van der Waals surface area contributed by atoms with Gasteiger partial charge < -0.3 is 5.73 Å². The Morgan fingerprint density at radius 1 is 1.67 bits per heavy atom. The number of hydrogen-bond acceptors (Lipinski definition) is 3. The van der Waals surface area contributed by atoms with Crippen LogP contribution in [0.25, 0.3) is 0 Å². The summed E-state index contributed by atoms with van der Waals surface area (Å²) in [4.78, 5) is 8.14. The predicted molar refractivity (Wildman–Crippen MR) is 61.8 cm³/mol. The number of nitrogens with zero attached hydrogens (tertiary/aromatic N) is 2. The summed E-state index contributed by atoms with van der Waals surface area (Å²) < 4.78 is 1.09. The van der Waals surface area contributed by atoms with E-state index in [-0.39, 0.29) is 0 Å². The van der Waals surface area contributed by atoms with Crippen LogP contribution in [-0.2, 0) is 0 Å². The Hall–Kier alpha value is -0.300. The molecular weight excluding hydrogens is 285 g/mol. The highest BCUT2D eigenvalue weighted by molar-refractivity contribution is 14.1. The van der Waals surface area contributed by atoms with Crippen LogP contribution in [0.5, 0.6) is 0 Å². The van der Waals surface area contributed by atoms with Gasteiger partial charge in [0.15, 0.2) is 11.0 Å². The summed E-state index contributed by atoms with van der Waals surface area (Å²) in [5.74, 6) is 0.655. The second-order valence-electron chi connectivity index (χ2n) is 1.99. The first-order chi connectivity index (χ1) is 5.72. The normalized spacial score (nSPS) is 11.7. The predicted octanol–water partition coefficient (Wildman–Crippen LogP) is 2.00. The van der Waals surface area contributed by atoms with Crippen molar-refractivity contribution in [1.82, 2.24) is 4.98 Å². The number of halogens is 1. The van der Waals surface area contributed by atoms with Gasteiger partial charge in [0.25, 0.3) is 0 Å². The summed E-state index contributed by atoms with van der Waals surface area (Å²) >= 11 is 3.60. The van der Waals surface area contributed by atoms with Gasteiger partial charge in [0.1, 0.15) is 0 Å². The molecule has 1 heterocycles. The van der Waals surface area contributed by atoms with Crippen molar-refractivity contribution in [2.75, 3.05) is 6.26 Å². The van der Waals surface area contributed by atoms with Gasteiger partial charge in [0, 0.05) is 9.77 Å². The second kappa shape index (κ2) is 4.66. The van der Waals surface area contributed by atoms with Crippen molar-refractivity contribution < 1.29 is 0 Å². The van der Waals surface area contributed by atoms with Gasteiger partial charge >= 0.3 is 0 Å². The Balaban J connectivity index is 2.84. The van der Waals surface area contributed by atoms with Crippen LogP contribution in [0.2, 0.25) is 0 Å². The zero-order valence-electron chi connectivity index (χ0n) is 6.49. The van der Waals surface area contributed by atoms with Crippen LogP contribution in [0.3, 0.4) is 0 Å². The molecule has 1 aromatic rings. The molecule has 3 nitrogen and oxygen atoms in total. The Bertz CT molecular complexity index is 283. The van der Waals surface area contributed by atoms with E-state index in [0.29, 0.717) is 11.0 Å². The van der Waals surface area contributed by atoms with Gasteiger partial charge in [-0.3, -0.25) is 0 Å². The van der Waals surface area contributed by atoms with E-state index in [2.05, 4.69) is 32.6 Å². The SMILES string of the molecule is CSC(N)=Nc1ccc(I)cn1. The van der Waals surface area contributed by atoms with Crippen LogP contribution in [0.1, 0.15) is 0 Å². The first-order valence-corrected chi connectivity index (χ1v) is 5.52. The van der Waals surface area contributed by atoms with E-state index in [4.69, 9.17) is 5.73 Å². The third-order valence-corrected chi connectivity index (χ3v) is 2.29. The molecule has 0 saturated carbocycles. The second-order valence-corrected chi connectivity index (χ2v) is 4.06. The molecule has 0 fully saturated rings. The highest BCUT2D eigenvalue weighted by Crippen LogP contribution is 2.11. The van der Waals surface area contributed by atoms with E-state index in [9.17, 15) is 0 Å². The number of rotatable bonds is 1. The lowest BCUT2D eigenvalue weighted by atomic mass is 10.5. The summed E-state index contributed by atoms with van der Waals surface area (Å²) in [6.45, 7) is 0. The molecule has 12 heavy (non-hydrogen) atoms. The Labute approximate surface area is 89.0 Å². The lowest BCUT2D eigenvalue weighted by Gasteiger charge is -1.94. The molecule has 0 spiro atoms. The zero-order chi connectivity index (χ0) is 8.97. The number of aliphatic imine (C=N–C) groups is 1. The molecule has 0 atom stereocenters. The fraction of sp³-hybridized carbons (Fsp3) is 0.143. The molecule has 0 aliphatic carbocycles. The number of nitrogens with two attached hydrogens (primary N) is 1. The van der Waals surface area contributed by atoms with Crippen molar-refractivity contribution in [2.45, 2.75) is 0 Å². The zero-order valence-corrected chi connectivity index (χ0v) is 9.46. The summed E-state index contributed by atoms with van der Waals surface area (Å²) in [5, 5.41) is 0.531. The Morgan fingerprint density at radius 3 is 2.92 bits per heavy atom. The topological polar surface area (TPSA) is 51.3 Å². The third kappa shape index (κ3) is 2.98. The molecule has 0 aliphatic heterocycles. The van der Waals surface area contributed by atoms with Gasteiger partial charge in [-0.1, -0.05) is 11.8 Å². The van der Waals surface area contributed by atoms with E-state index in [1.54, 1.807) is 6.20 Å². The minimum atomic E-state index is 0.531. The Kier molecular flexibility index (Phi) is 3.80. The molecule has 1 aromatic heterocycles. The summed E-state index contributed by atoms with van der Waals surface area (Å²) in [7, 11) is 0. The van der Waals surface area contributed by atoms with Crippen LogP contribution < -0.4 is 5.73 Å². The third-order valence-electron chi connectivity index (χ3n) is 1.15. The molecule has 0 saturated heterocycles. The molecule has 2 N–H and O–H groups in total. The number of thioether (sulfide) groups is 1. The van der Waals surface area contributed by atoms with Crippen molar-refractivity contribution in [3.05, 3.63) is 21.9 Å². The Morgan fingerprint density at radius 2 is 2.42 bits per heavy atom. The number of amidine groups is 1. The van der Waals surface area contributed by atoms with Gasteiger partial charge in [-0.05, 0) is 41.0 Å². The summed E-state index contributed by atoms with van der Waals surface area (Å²) in [5.41, 5.74) is 5.51. The van der Waals surface area contributed by atoms with Crippen LogP contribution in [0.4, 0.5) is 5.82 Å². The molecule has 0 aromatic carbocycles. The molecule has 0 bridgehead atoms. The fourth-order valence-corrected chi connectivity index (χ4v) is 1.10. The van der Waals surface area contributed by atoms with Crippen molar-refractivity contribution in [3.63, 3.8) is 0 Å². The highest BCUT2D eigenvalue weighted by Gasteiger charge is 1.92. The van der Waals surface area contributed by atoms with Gasteiger partial charge in [0.2, 0.25) is 0 Å². The average molecular weight is 293 g/mol. The van der Waals surface area contributed by atoms with Gasteiger partial charge in [0.05, 0.1) is 0 Å². The molecule has 0 aliphatic rings. The fourth-order valence-electron chi connectivity index (χ4n) is 0.593. The first kappa shape index (κ1) is 9.79. The standard InChI is InChI=1S/C7H8IN3S/c1-12-7(9)11-6-3-2-5(8)4-10-6/h2-4H,1H3,(H2,9,10,11). The van der Waals surface area contributed by atoms with E-state index in [0.717, 1.165) is 3.57 Å². The summed E-state index contributed by atoms with van der Waals surface area (Å²) in [6.07, 6.45) is 3.64.